The van der Waals surface area contributed by atoms with Crippen LogP contribution in [0.2, 0.25) is 0 Å². The Bertz CT molecular complexity index is 678. The Morgan fingerprint density at radius 2 is 1.96 bits per heavy atom. The van der Waals surface area contributed by atoms with E-state index in [2.05, 4.69) is 0 Å². The first-order valence-corrected chi connectivity index (χ1v) is 10.7. The third-order valence-electron chi connectivity index (χ3n) is 3.53. The van der Waals surface area contributed by atoms with Gasteiger partial charge in [-0.05, 0) is 12.3 Å². The highest BCUT2D eigenvalue weighted by atomic mass is 32.2. The zero-order valence-electron chi connectivity index (χ0n) is 12.6. The highest BCUT2D eigenvalue weighted by Gasteiger charge is 2.31. The fourth-order valence-corrected chi connectivity index (χ4v) is 5.32. The molecule has 0 aliphatic carbocycles. The van der Waals surface area contributed by atoms with Gasteiger partial charge in [-0.3, -0.25) is 4.79 Å². The van der Waals surface area contributed by atoms with Crippen LogP contribution in [0.3, 0.4) is 0 Å². The molecule has 0 unspecified atom stereocenters. The molecule has 0 atom stereocenters. The van der Waals surface area contributed by atoms with Gasteiger partial charge in [-0.1, -0.05) is 0 Å². The number of piperazine rings is 1. The number of rotatable bonds is 6. The molecule has 1 aliphatic rings. The third kappa shape index (κ3) is 4.25. The second-order valence-corrected chi connectivity index (χ2v) is 9.05. The predicted octanol–water partition coefficient (Wildman–Crippen LogP) is 1.03. The molecule has 0 bridgehead atoms. The zero-order chi connectivity index (χ0) is 17.0. The topological polar surface area (TPSA) is 95.0 Å². The van der Waals surface area contributed by atoms with Crippen molar-refractivity contribution in [3.05, 3.63) is 17.0 Å². The minimum atomic E-state index is -3.69. The van der Waals surface area contributed by atoms with E-state index in [1.165, 1.54) is 15.8 Å². The lowest BCUT2D eigenvalue weighted by atomic mass is 10.3. The quantitative estimate of drug-likeness (QED) is 0.794. The van der Waals surface area contributed by atoms with Crippen LogP contribution in [0.4, 0.5) is 0 Å². The number of carbonyl (C=O) groups is 2. The Balaban J connectivity index is 2.00. The van der Waals surface area contributed by atoms with Crippen LogP contribution in [0, 0.1) is 0 Å². The lowest BCUT2D eigenvalue weighted by molar-refractivity contribution is -0.131. The number of carboxylic acid groups (broad SMARTS) is 1. The average molecular weight is 378 g/mol. The van der Waals surface area contributed by atoms with Crippen LogP contribution in [0.25, 0.3) is 0 Å². The summed E-state index contributed by atoms with van der Waals surface area (Å²) in [7, 11) is -3.69. The summed E-state index contributed by atoms with van der Waals surface area (Å²) in [5, 5.41) is 10.2. The summed E-state index contributed by atoms with van der Waals surface area (Å²) in [5.41, 5.74) is -0.0283. The van der Waals surface area contributed by atoms with Crippen molar-refractivity contribution in [3.63, 3.8) is 0 Å². The van der Waals surface area contributed by atoms with Crippen LogP contribution in [0.5, 0.6) is 0 Å². The molecule has 1 fully saturated rings. The van der Waals surface area contributed by atoms with Crippen molar-refractivity contribution < 1.29 is 23.1 Å². The van der Waals surface area contributed by atoms with Crippen molar-refractivity contribution in [2.75, 3.05) is 38.2 Å². The molecular formula is C13H18N2O5S3. The Kier molecular flexibility index (Phi) is 6.06. The van der Waals surface area contributed by atoms with Gasteiger partial charge in [-0.2, -0.15) is 16.1 Å². The van der Waals surface area contributed by atoms with E-state index in [-0.39, 0.29) is 28.8 Å². The maximum Gasteiger partial charge on any atom is 0.336 e. The molecule has 0 spiro atoms. The molecule has 1 aliphatic heterocycles. The summed E-state index contributed by atoms with van der Waals surface area (Å²) in [6, 6.07) is 1.18. The molecule has 23 heavy (non-hydrogen) atoms. The standard InChI is InChI=1S/C13H18N2O5S3/c1-21-7-2-11(16)14-3-5-15(6-4-14)23(19,20)12-8-10(9-22-12)13(17)18/h8-9H,2-7H2,1H3,(H,17,18). The van der Waals surface area contributed by atoms with Gasteiger partial charge in [0.1, 0.15) is 4.21 Å². The van der Waals surface area contributed by atoms with Gasteiger partial charge in [0.2, 0.25) is 5.91 Å². The molecule has 0 radical (unpaired) electrons. The molecule has 1 N–H and O–H groups in total. The number of thioether (sulfide) groups is 1. The maximum absolute atomic E-state index is 12.5. The summed E-state index contributed by atoms with van der Waals surface area (Å²) in [6.45, 7) is 1.19. The first-order chi connectivity index (χ1) is 10.9. The highest BCUT2D eigenvalue weighted by Crippen LogP contribution is 2.25. The van der Waals surface area contributed by atoms with Crippen LogP contribution in [0.1, 0.15) is 16.8 Å². The summed E-state index contributed by atoms with van der Waals surface area (Å²) >= 11 is 2.50. The molecule has 7 nitrogen and oxygen atoms in total. The molecule has 1 aromatic heterocycles. The Morgan fingerprint density at radius 1 is 1.30 bits per heavy atom. The third-order valence-corrected chi connectivity index (χ3v) is 7.45. The summed E-state index contributed by atoms with van der Waals surface area (Å²) < 4.78 is 26.4. The first-order valence-electron chi connectivity index (χ1n) is 6.95. The normalized spacial score (nSPS) is 16.5. The fourth-order valence-electron chi connectivity index (χ4n) is 2.22. The second-order valence-electron chi connectivity index (χ2n) is 4.99. The van der Waals surface area contributed by atoms with Crippen molar-refractivity contribution in [2.24, 2.45) is 0 Å². The van der Waals surface area contributed by atoms with Crippen molar-refractivity contribution in [3.8, 4) is 0 Å². The molecule has 2 heterocycles. The molecule has 2 rings (SSSR count). The number of aromatic carboxylic acids is 1. The Labute approximate surface area is 143 Å². The van der Waals surface area contributed by atoms with E-state index in [1.54, 1.807) is 16.7 Å². The molecular weight excluding hydrogens is 360 g/mol. The molecule has 1 saturated heterocycles. The van der Waals surface area contributed by atoms with E-state index < -0.39 is 16.0 Å². The monoisotopic (exact) mass is 378 g/mol. The molecule has 10 heteroatoms. The van der Waals surface area contributed by atoms with E-state index in [4.69, 9.17) is 5.11 Å². The van der Waals surface area contributed by atoms with Gasteiger partial charge >= 0.3 is 5.97 Å². The van der Waals surface area contributed by atoms with Gasteiger partial charge in [-0.25, -0.2) is 13.2 Å². The minimum Gasteiger partial charge on any atom is -0.478 e. The number of nitrogens with zero attached hydrogens (tertiary/aromatic N) is 2. The van der Waals surface area contributed by atoms with Crippen LogP contribution in [-0.2, 0) is 14.8 Å². The fraction of sp³-hybridized carbons (Fsp3) is 0.538. The van der Waals surface area contributed by atoms with Gasteiger partial charge in [0.05, 0.1) is 5.56 Å². The lowest BCUT2D eigenvalue weighted by Crippen LogP contribution is -2.50. The van der Waals surface area contributed by atoms with E-state index in [0.29, 0.717) is 19.5 Å². The van der Waals surface area contributed by atoms with Crippen molar-refractivity contribution in [1.29, 1.82) is 0 Å². The summed E-state index contributed by atoms with van der Waals surface area (Å²) in [6.07, 6.45) is 2.39. The number of sulfonamides is 1. The van der Waals surface area contributed by atoms with Crippen LogP contribution in [0.15, 0.2) is 15.7 Å². The summed E-state index contributed by atoms with van der Waals surface area (Å²) in [4.78, 5) is 24.5. The lowest BCUT2D eigenvalue weighted by Gasteiger charge is -2.33. The number of thiophene rings is 1. The van der Waals surface area contributed by atoms with Crippen molar-refractivity contribution in [2.45, 2.75) is 10.6 Å². The smallest absolute Gasteiger partial charge is 0.336 e. The summed E-state index contributed by atoms with van der Waals surface area (Å²) in [5.74, 6) is -0.350. The zero-order valence-corrected chi connectivity index (χ0v) is 15.0. The number of hydrogen-bond acceptors (Lipinski definition) is 6. The van der Waals surface area contributed by atoms with Crippen LogP contribution >= 0.6 is 23.1 Å². The largest absolute Gasteiger partial charge is 0.478 e. The van der Waals surface area contributed by atoms with E-state index >= 15 is 0 Å². The van der Waals surface area contributed by atoms with E-state index in [0.717, 1.165) is 17.1 Å². The van der Waals surface area contributed by atoms with E-state index in [9.17, 15) is 18.0 Å². The number of hydrogen-bond donors (Lipinski definition) is 1. The first kappa shape index (κ1) is 18.2. The number of carbonyl (C=O) groups excluding carboxylic acids is 1. The molecule has 0 aromatic carbocycles. The van der Waals surface area contributed by atoms with Crippen LogP contribution in [-0.4, -0.2) is 72.8 Å². The Hall–Kier alpha value is -1.10. The number of carboxylic acids is 1. The van der Waals surface area contributed by atoms with Gasteiger partial charge in [0, 0.05) is 43.7 Å². The SMILES string of the molecule is CSCCC(=O)N1CCN(S(=O)(=O)c2cc(C(=O)O)cs2)CC1. The molecule has 1 amide bonds. The predicted molar refractivity (Wildman–Crippen MR) is 89.6 cm³/mol. The Morgan fingerprint density at radius 3 is 2.48 bits per heavy atom. The van der Waals surface area contributed by atoms with Crippen molar-refractivity contribution >= 4 is 45.0 Å². The maximum atomic E-state index is 12.5. The van der Waals surface area contributed by atoms with Gasteiger partial charge in [-0.15, -0.1) is 11.3 Å². The van der Waals surface area contributed by atoms with Gasteiger partial charge in [0.25, 0.3) is 10.0 Å². The minimum absolute atomic E-state index is 0.0251. The van der Waals surface area contributed by atoms with Gasteiger partial charge < -0.3 is 10.0 Å². The van der Waals surface area contributed by atoms with E-state index in [1.807, 2.05) is 6.26 Å². The average Bonchev–Trinajstić information content (AvgIpc) is 3.03. The second kappa shape index (κ2) is 7.65. The number of amides is 1. The molecule has 128 valence electrons. The molecule has 1 aromatic rings. The van der Waals surface area contributed by atoms with Crippen LogP contribution < -0.4 is 0 Å². The molecule has 0 saturated carbocycles. The van der Waals surface area contributed by atoms with Crippen molar-refractivity contribution in [1.82, 2.24) is 9.21 Å². The van der Waals surface area contributed by atoms with Gasteiger partial charge in [0.15, 0.2) is 0 Å². The highest BCUT2D eigenvalue weighted by molar-refractivity contribution is 7.98.